The number of carbonyl (C=O) groups is 1. The lowest BCUT2D eigenvalue weighted by Gasteiger charge is -2.19. The number of ether oxygens (including phenoxy) is 2. The highest BCUT2D eigenvalue weighted by Crippen LogP contribution is 2.26. The van der Waals surface area contributed by atoms with Crippen LogP contribution in [0, 0.1) is 18.3 Å². The molecule has 1 N–H and O–H groups in total. The molecule has 1 atom stereocenters. The molecule has 3 aromatic rings. The van der Waals surface area contributed by atoms with Gasteiger partial charge < -0.3 is 14.6 Å². The molecule has 0 spiro atoms. The third-order valence-electron chi connectivity index (χ3n) is 5.56. The predicted octanol–water partition coefficient (Wildman–Crippen LogP) is 4.00. The summed E-state index contributed by atoms with van der Waals surface area (Å²) in [5.74, 6) is 0.140. The number of rotatable bonds is 8. The van der Waals surface area contributed by atoms with Crippen LogP contribution in [0.25, 0.3) is 0 Å². The fraction of sp³-hybridized carbons (Fsp3) is 0.269. The lowest BCUT2D eigenvalue weighted by molar-refractivity contribution is 0.0812. The van der Waals surface area contributed by atoms with Crippen LogP contribution in [-0.4, -0.2) is 28.7 Å². The van der Waals surface area contributed by atoms with E-state index in [1.54, 1.807) is 50.4 Å². The fourth-order valence-corrected chi connectivity index (χ4v) is 3.57. The maximum atomic E-state index is 13.3. The molecule has 0 amide bonds. The Morgan fingerprint density at radius 3 is 2.21 bits per heavy atom. The third-order valence-corrected chi connectivity index (χ3v) is 5.56. The first-order valence-electron chi connectivity index (χ1n) is 10.6. The Morgan fingerprint density at radius 2 is 1.67 bits per heavy atom. The molecule has 0 saturated heterocycles. The van der Waals surface area contributed by atoms with Crippen molar-refractivity contribution in [3.8, 4) is 23.4 Å². The van der Waals surface area contributed by atoms with Crippen LogP contribution in [0.2, 0.25) is 0 Å². The highest BCUT2D eigenvalue weighted by atomic mass is 16.5. The zero-order valence-electron chi connectivity index (χ0n) is 19.1. The normalized spacial score (nSPS) is 11.5. The van der Waals surface area contributed by atoms with Crippen molar-refractivity contribution >= 4 is 5.78 Å². The molecule has 7 heteroatoms. The van der Waals surface area contributed by atoms with Crippen molar-refractivity contribution in [1.29, 1.82) is 5.26 Å². The van der Waals surface area contributed by atoms with Gasteiger partial charge in [-0.25, -0.2) is 0 Å². The van der Waals surface area contributed by atoms with Crippen molar-refractivity contribution in [2.24, 2.45) is 0 Å². The first-order valence-corrected chi connectivity index (χ1v) is 10.6. The highest BCUT2D eigenvalue weighted by molar-refractivity contribution is 6.03. The van der Waals surface area contributed by atoms with Crippen molar-refractivity contribution in [1.82, 2.24) is 4.57 Å². The Hall–Kier alpha value is -4.05. The van der Waals surface area contributed by atoms with E-state index in [2.05, 4.69) is 0 Å². The smallest absolute Gasteiger partial charge is 0.271 e. The zero-order valence-corrected chi connectivity index (χ0v) is 19.1. The predicted molar refractivity (Wildman–Crippen MR) is 124 cm³/mol. The molecule has 1 aromatic heterocycles. The number of nitrogens with zero attached hydrogens (tertiary/aromatic N) is 2. The number of hydrogen-bond donors (Lipinski definition) is 1. The molecule has 0 saturated carbocycles. The van der Waals surface area contributed by atoms with Gasteiger partial charge in [0.2, 0.25) is 11.7 Å². The summed E-state index contributed by atoms with van der Waals surface area (Å²) in [6.45, 7) is 5.08. The van der Waals surface area contributed by atoms with Gasteiger partial charge in [0.1, 0.15) is 23.1 Å². The molecule has 0 bridgehead atoms. The van der Waals surface area contributed by atoms with Crippen LogP contribution in [0.15, 0.2) is 53.3 Å². The summed E-state index contributed by atoms with van der Waals surface area (Å²) in [5.41, 5.74) is 1.01. The minimum absolute atomic E-state index is 0.0163. The Labute approximate surface area is 192 Å². The summed E-state index contributed by atoms with van der Waals surface area (Å²) in [5, 5.41) is 20.5. The number of pyridine rings is 1. The molecule has 2 aromatic carbocycles. The van der Waals surface area contributed by atoms with E-state index in [1.165, 1.54) is 6.92 Å². The van der Waals surface area contributed by atoms with E-state index < -0.39 is 23.3 Å². The van der Waals surface area contributed by atoms with E-state index in [-0.39, 0.29) is 23.2 Å². The Morgan fingerprint density at radius 1 is 1.09 bits per heavy atom. The second-order valence-corrected chi connectivity index (χ2v) is 7.67. The van der Waals surface area contributed by atoms with Crippen molar-refractivity contribution in [3.05, 3.63) is 86.7 Å². The number of methoxy groups -OCH3 is 1. The summed E-state index contributed by atoms with van der Waals surface area (Å²) in [6.07, 6.45) is -0.0605. The second kappa shape index (κ2) is 10.0. The Balaban J connectivity index is 1.99. The van der Waals surface area contributed by atoms with Crippen LogP contribution in [0.1, 0.15) is 46.5 Å². The lowest BCUT2D eigenvalue weighted by Crippen LogP contribution is -2.31. The number of nitriles is 1. The lowest BCUT2D eigenvalue weighted by atomic mass is 9.99. The number of aromatic nitrogens is 1. The van der Waals surface area contributed by atoms with Crippen LogP contribution in [0.4, 0.5) is 0 Å². The third kappa shape index (κ3) is 4.90. The molecule has 3 rings (SSSR count). The molecule has 0 aliphatic carbocycles. The molecule has 33 heavy (non-hydrogen) atoms. The number of aromatic hydroxyl groups is 1. The molecular weight excluding hydrogens is 420 g/mol. The molecule has 0 fully saturated rings. The monoisotopic (exact) mass is 446 g/mol. The van der Waals surface area contributed by atoms with E-state index in [4.69, 9.17) is 9.47 Å². The van der Waals surface area contributed by atoms with Crippen molar-refractivity contribution in [3.63, 3.8) is 0 Å². The minimum atomic E-state index is -0.944. The van der Waals surface area contributed by atoms with Crippen molar-refractivity contribution < 1.29 is 19.4 Å². The van der Waals surface area contributed by atoms with Crippen LogP contribution in [-0.2, 0) is 13.0 Å². The molecule has 170 valence electrons. The first-order chi connectivity index (χ1) is 15.8. The summed E-state index contributed by atoms with van der Waals surface area (Å²) < 4.78 is 12.0. The summed E-state index contributed by atoms with van der Waals surface area (Å²) in [7, 11) is 1.55. The molecular formula is C26H26N2O5. The number of benzene rings is 2. The fourth-order valence-electron chi connectivity index (χ4n) is 3.57. The zero-order chi connectivity index (χ0) is 24.1. The SMILES string of the molecule is CCc1ccc(OC(C)C(=O)c2c(C)c(C#N)c(=O)n(Cc3ccc(OC)cc3)c2O)cc1. The summed E-state index contributed by atoms with van der Waals surface area (Å²) in [4.78, 5) is 26.1. The molecule has 0 aliphatic rings. The second-order valence-electron chi connectivity index (χ2n) is 7.67. The van der Waals surface area contributed by atoms with Crippen LogP contribution >= 0.6 is 0 Å². The maximum absolute atomic E-state index is 13.3. The van der Waals surface area contributed by atoms with Crippen molar-refractivity contribution in [2.45, 2.75) is 39.8 Å². The first kappa shape index (κ1) is 23.6. The van der Waals surface area contributed by atoms with Gasteiger partial charge in [0.25, 0.3) is 5.56 Å². The van der Waals surface area contributed by atoms with Gasteiger partial charge in [-0.05, 0) is 61.2 Å². The van der Waals surface area contributed by atoms with E-state index in [0.29, 0.717) is 17.1 Å². The summed E-state index contributed by atoms with van der Waals surface area (Å²) >= 11 is 0. The topological polar surface area (TPSA) is 102 Å². The largest absolute Gasteiger partial charge is 0.497 e. The molecule has 1 heterocycles. The van der Waals surface area contributed by atoms with Gasteiger partial charge in [-0.3, -0.25) is 14.2 Å². The standard InChI is InChI=1S/C26H26N2O5/c1-5-18-6-12-21(13-7-18)33-17(3)24(29)23-16(2)22(14-27)25(30)28(26(23)31)15-19-8-10-20(32-4)11-9-19/h6-13,17,31H,5,15H2,1-4H3. The maximum Gasteiger partial charge on any atom is 0.271 e. The van der Waals surface area contributed by atoms with Crippen LogP contribution < -0.4 is 15.0 Å². The quantitative estimate of drug-likeness (QED) is 0.525. The minimum Gasteiger partial charge on any atom is -0.497 e. The van der Waals surface area contributed by atoms with Crippen LogP contribution in [0.5, 0.6) is 17.4 Å². The Kier molecular flexibility index (Phi) is 7.19. The molecule has 0 aliphatic heterocycles. The van der Waals surface area contributed by atoms with E-state index >= 15 is 0 Å². The summed E-state index contributed by atoms with van der Waals surface area (Å²) in [6, 6.07) is 16.2. The number of hydrogen-bond acceptors (Lipinski definition) is 6. The Bertz CT molecular complexity index is 1250. The van der Waals surface area contributed by atoms with Gasteiger partial charge in [0.15, 0.2) is 6.10 Å². The van der Waals surface area contributed by atoms with Gasteiger partial charge in [0, 0.05) is 0 Å². The molecule has 7 nitrogen and oxygen atoms in total. The van der Waals surface area contributed by atoms with Gasteiger partial charge in [-0.2, -0.15) is 5.26 Å². The molecule has 1 unspecified atom stereocenters. The average molecular weight is 447 g/mol. The number of aryl methyl sites for hydroxylation is 1. The molecule has 0 radical (unpaired) electrons. The van der Waals surface area contributed by atoms with E-state index in [9.17, 15) is 20.0 Å². The van der Waals surface area contributed by atoms with Gasteiger partial charge in [0.05, 0.1) is 19.2 Å². The van der Waals surface area contributed by atoms with E-state index in [1.807, 2.05) is 25.1 Å². The number of ketones is 1. The van der Waals surface area contributed by atoms with Gasteiger partial charge in [-0.1, -0.05) is 31.2 Å². The highest BCUT2D eigenvalue weighted by Gasteiger charge is 2.28. The van der Waals surface area contributed by atoms with Crippen LogP contribution in [0.3, 0.4) is 0 Å². The number of Topliss-reactive ketones (excluding diaryl/α,β-unsaturated/α-hetero) is 1. The van der Waals surface area contributed by atoms with Crippen molar-refractivity contribution in [2.75, 3.05) is 7.11 Å². The average Bonchev–Trinajstić information content (AvgIpc) is 2.83. The van der Waals surface area contributed by atoms with E-state index in [0.717, 1.165) is 16.6 Å². The number of carbonyl (C=O) groups excluding carboxylic acids is 1. The van der Waals surface area contributed by atoms with Gasteiger partial charge in [-0.15, -0.1) is 0 Å². The van der Waals surface area contributed by atoms with Gasteiger partial charge >= 0.3 is 0 Å².